The molecule has 0 radical (unpaired) electrons. The van der Waals surface area contributed by atoms with Crippen molar-refractivity contribution < 1.29 is 9.53 Å². The van der Waals surface area contributed by atoms with Crippen molar-refractivity contribution in [3.63, 3.8) is 0 Å². The number of amides is 1. The van der Waals surface area contributed by atoms with E-state index >= 15 is 0 Å². The Bertz CT molecular complexity index is 530. The molecule has 1 amide bonds. The Balaban J connectivity index is 1.92. The molecule has 0 spiro atoms. The van der Waals surface area contributed by atoms with Gasteiger partial charge in [-0.2, -0.15) is 4.98 Å². The summed E-state index contributed by atoms with van der Waals surface area (Å²) in [5, 5.41) is 3.38. The number of anilines is 2. The van der Waals surface area contributed by atoms with E-state index in [0.717, 1.165) is 43.5 Å². The Kier molecular flexibility index (Phi) is 7.08. The molecule has 0 aliphatic carbocycles. The van der Waals surface area contributed by atoms with Crippen LogP contribution in [0.3, 0.4) is 0 Å². The zero-order valence-corrected chi connectivity index (χ0v) is 15.0. The molecule has 7 nitrogen and oxygen atoms in total. The number of hydrogen-bond acceptors (Lipinski definition) is 6. The van der Waals surface area contributed by atoms with Gasteiger partial charge in [0.2, 0.25) is 5.95 Å². The smallest absolute Gasteiger partial charge is 0.409 e. The number of nitrogens with one attached hydrogen (secondary N) is 1. The average molecular weight is 335 g/mol. The summed E-state index contributed by atoms with van der Waals surface area (Å²) >= 11 is 0. The van der Waals surface area contributed by atoms with Gasteiger partial charge in [-0.1, -0.05) is 19.8 Å². The highest BCUT2D eigenvalue weighted by molar-refractivity contribution is 5.68. The predicted molar refractivity (Wildman–Crippen MR) is 95.6 cm³/mol. The fraction of sp³-hybridized carbons (Fsp3) is 0.706. The molecule has 0 saturated carbocycles. The molecule has 0 unspecified atom stereocenters. The first-order chi connectivity index (χ1) is 11.6. The van der Waals surface area contributed by atoms with Crippen LogP contribution in [0.5, 0.6) is 0 Å². The number of ether oxygens (including phenoxy) is 1. The molecule has 1 aromatic rings. The lowest BCUT2D eigenvalue weighted by molar-refractivity contribution is 0.105. The molecule has 7 heteroatoms. The van der Waals surface area contributed by atoms with Crippen molar-refractivity contribution in [2.45, 2.75) is 40.0 Å². The topological polar surface area (TPSA) is 70.6 Å². The van der Waals surface area contributed by atoms with Gasteiger partial charge in [-0.05, 0) is 20.3 Å². The molecular weight excluding hydrogens is 306 g/mol. The second kappa shape index (κ2) is 9.30. The van der Waals surface area contributed by atoms with Gasteiger partial charge in [0.25, 0.3) is 0 Å². The fourth-order valence-corrected chi connectivity index (χ4v) is 2.68. The van der Waals surface area contributed by atoms with Crippen molar-refractivity contribution in [3.8, 4) is 0 Å². The highest BCUT2D eigenvalue weighted by atomic mass is 16.6. The van der Waals surface area contributed by atoms with Crippen molar-refractivity contribution in [1.29, 1.82) is 0 Å². The molecule has 2 rings (SSSR count). The summed E-state index contributed by atoms with van der Waals surface area (Å²) < 4.78 is 5.05. The zero-order chi connectivity index (χ0) is 17.4. The number of carbonyl (C=O) groups is 1. The summed E-state index contributed by atoms with van der Waals surface area (Å²) in [6.45, 7) is 10.1. The van der Waals surface area contributed by atoms with Gasteiger partial charge in [0.1, 0.15) is 5.82 Å². The normalized spacial score (nSPS) is 14.6. The zero-order valence-electron chi connectivity index (χ0n) is 15.0. The molecule has 1 aliphatic rings. The van der Waals surface area contributed by atoms with Gasteiger partial charge < -0.3 is 19.9 Å². The third-order valence-corrected chi connectivity index (χ3v) is 4.02. The number of aromatic nitrogens is 2. The van der Waals surface area contributed by atoms with E-state index in [9.17, 15) is 4.79 Å². The summed E-state index contributed by atoms with van der Waals surface area (Å²) in [7, 11) is 0. The molecule has 1 aromatic heterocycles. The number of hydrogen-bond donors (Lipinski definition) is 1. The number of unbranched alkanes of at least 4 members (excludes halogenated alkanes) is 2. The Morgan fingerprint density at radius 3 is 2.62 bits per heavy atom. The first kappa shape index (κ1) is 18.3. The van der Waals surface area contributed by atoms with Crippen LogP contribution in [0.4, 0.5) is 16.6 Å². The van der Waals surface area contributed by atoms with E-state index < -0.39 is 0 Å². The molecule has 2 heterocycles. The van der Waals surface area contributed by atoms with Crippen LogP contribution in [0, 0.1) is 6.92 Å². The van der Waals surface area contributed by atoms with Crippen LogP contribution in [0.1, 0.15) is 38.8 Å². The van der Waals surface area contributed by atoms with E-state index in [1.165, 1.54) is 12.8 Å². The van der Waals surface area contributed by atoms with Gasteiger partial charge in [-0.25, -0.2) is 9.78 Å². The summed E-state index contributed by atoms with van der Waals surface area (Å²) in [4.78, 5) is 24.8. The third-order valence-electron chi connectivity index (χ3n) is 4.02. The molecule has 1 N–H and O–H groups in total. The van der Waals surface area contributed by atoms with Gasteiger partial charge in [0.15, 0.2) is 0 Å². The average Bonchev–Trinajstić information content (AvgIpc) is 2.59. The summed E-state index contributed by atoms with van der Waals surface area (Å²) in [5.41, 5.74) is 0.950. The lowest BCUT2D eigenvalue weighted by atomic mass is 10.2. The van der Waals surface area contributed by atoms with E-state index in [4.69, 9.17) is 4.74 Å². The molecule has 0 atom stereocenters. The Labute approximate surface area is 144 Å². The van der Waals surface area contributed by atoms with Crippen LogP contribution in [-0.4, -0.2) is 60.3 Å². The monoisotopic (exact) mass is 335 g/mol. The van der Waals surface area contributed by atoms with Crippen LogP contribution >= 0.6 is 0 Å². The predicted octanol–water partition coefficient (Wildman–Crippen LogP) is 2.67. The molecule has 0 bridgehead atoms. The van der Waals surface area contributed by atoms with Gasteiger partial charge in [0.05, 0.1) is 6.61 Å². The standard InChI is InChI=1S/C17H29N5O2/c1-4-6-7-8-18-15-13-14(3)19-16(20-15)21-9-11-22(12-10-21)17(23)24-5-2/h13H,4-12H2,1-3H3,(H,18,19,20). The number of nitrogens with zero attached hydrogens (tertiary/aromatic N) is 4. The van der Waals surface area contributed by atoms with Crippen LogP contribution in [0.15, 0.2) is 6.07 Å². The molecule has 1 saturated heterocycles. The highest BCUT2D eigenvalue weighted by Gasteiger charge is 2.23. The van der Waals surface area contributed by atoms with Gasteiger partial charge in [-0.15, -0.1) is 0 Å². The number of rotatable bonds is 7. The minimum absolute atomic E-state index is 0.236. The third kappa shape index (κ3) is 5.25. The minimum atomic E-state index is -0.236. The van der Waals surface area contributed by atoms with Gasteiger partial charge in [0, 0.05) is 44.5 Å². The van der Waals surface area contributed by atoms with Gasteiger partial charge in [-0.3, -0.25) is 0 Å². The number of aryl methyl sites for hydroxylation is 1. The highest BCUT2D eigenvalue weighted by Crippen LogP contribution is 2.16. The SMILES string of the molecule is CCCCCNc1cc(C)nc(N2CCN(C(=O)OCC)CC2)n1. The van der Waals surface area contributed by atoms with Crippen molar-refractivity contribution in [2.24, 2.45) is 0 Å². The van der Waals surface area contributed by atoms with Crippen LogP contribution < -0.4 is 10.2 Å². The second-order valence-corrected chi connectivity index (χ2v) is 6.00. The van der Waals surface area contributed by atoms with Crippen molar-refractivity contribution in [3.05, 3.63) is 11.8 Å². The molecule has 1 aliphatic heterocycles. The first-order valence-electron chi connectivity index (χ1n) is 8.90. The molecule has 1 fully saturated rings. The Morgan fingerprint density at radius 2 is 1.96 bits per heavy atom. The lowest BCUT2D eigenvalue weighted by Crippen LogP contribution is -2.49. The van der Waals surface area contributed by atoms with Crippen molar-refractivity contribution in [1.82, 2.24) is 14.9 Å². The van der Waals surface area contributed by atoms with Crippen LogP contribution in [0.25, 0.3) is 0 Å². The Morgan fingerprint density at radius 1 is 1.21 bits per heavy atom. The number of carbonyl (C=O) groups excluding carboxylic acids is 1. The quantitative estimate of drug-likeness (QED) is 0.773. The number of piperazine rings is 1. The maximum Gasteiger partial charge on any atom is 0.409 e. The maximum absolute atomic E-state index is 11.8. The van der Waals surface area contributed by atoms with E-state index in [0.29, 0.717) is 19.7 Å². The largest absolute Gasteiger partial charge is 0.450 e. The minimum Gasteiger partial charge on any atom is -0.450 e. The van der Waals surface area contributed by atoms with Crippen molar-refractivity contribution in [2.75, 3.05) is 49.5 Å². The van der Waals surface area contributed by atoms with Gasteiger partial charge >= 0.3 is 6.09 Å². The molecule has 134 valence electrons. The van der Waals surface area contributed by atoms with E-state index in [-0.39, 0.29) is 6.09 Å². The molecule has 0 aromatic carbocycles. The van der Waals surface area contributed by atoms with E-state index in [1.807, 2.05) is 19.9 Å². The van der Waals surface area contributed by atoms with E-state index in [2.05, 4.69) is 27.1 Å². The second-order valence-electron chi connectivity index (χ2n) is 6.00. The maximum atomic E-state index is 11.8. The Hall–Kier alpha value is -2.05. The van der Waals surface area contributed by atoms with Crippen LogP contribution in [-0.2, 0) is 4.74 Å². The summed E-state index contributed by atoms with van der Waals surface area (Å²) in [5.74, 6) is 1.61. The molecule has 24 heavy (non-hydrogen) atoms. The lowest BCUT2D eigenvalue weighted by Gasteiger charge is -2.34. The first-order valence-corrected chi connectivity index (χ1v) is 8.90. The van der Waals surface area contributed by atoms with Crippen molar-refractivity contribution >= 4 is 17.9 Å². The van der Waals surface area contributed by atoms with Crippen LogP contribution in [0.2, 0.25) is 0 Å². The fourth-order valence-electron chi connectivity index (χ4n) is 2.68. The molecular formula is C17H29N5O2. The summed E-state index contributed by atoms with van der Waals surface area (Å²) in [6.07, 6.45) is 3.34. The van der Waals surface area contributed by atoms with E-state index in [1.54, 1.807) is 4.90 Å². The summed E-state index contributed by atoms with van der Waals surface area (Å²) in [6, 6.07) is 1.98.